The van der Waals surface area contributed by atoms with Gasteiger partial charge in [0.2, 0.25) is 11.8 Å². The summed E-state index contributed by atoms with van der Waals surface area (Å²) < 4.78 is 10.4. The molecule has 3 atom stereocenters. The largest absolute Gasteiger partial charge is 0.466 e. The van der Waals surface area contributed by atoms with Crippen molar-refractivity contribution in [3.05, 3.63) is 42.0 Å². The lowest BCUT2D eigenvalue weighted by Crippen LogP contribution is -2.57. The number of carbonyl (C=O) groups is 4. The van der Waals surface area contributed by atoms with Crippen LogP contribution in [0.5, 0.6) is 0 Å². The van der Waals surface area contributed by atoms with Crippen LogP contribution in [0.1, 0.15) is 85.4 Å². The second-order valence-corrected chi connectivity index (χ2v) is 10.5. The van der Waals surface area contributed by atoms with E-state index < -0.39 is 47.6 Å². The molecule has 0 aliphatic heterocycles. The standard InChI is InChI=1S/C29H45N3O6/c1-10-20(6)24(31-28(36)38-29(7,8)9)27(35)32(19(4)5)25(22-15-13-14-21(11-2)18-22)26(34)30-17-16-23(33)37-12-3/h11,13-15,18-20,24-25H,2,10,12,16-17H2,1,3-9H3,(H,30,34)(H,31,36). The number of alkyl carbamates (subject to hydrolysis) is 1. The molecule has 1 aromatic carbocycles. The molecule has 0 fully saturated rings. The van der Waals surface area contributed by atoms with Gasteiger partial charge >= 0.3 is 12.1 Å². The molecule has 0 aliphatic rings. The van der Waals surface area contributed by atoms with Crippen LogP contribution in [0.2, 0.25) is 0 Å². The topological polar surface area (TPSA) is 114 Å². The number of rotatable bonds is 13. The molecule has 38 heavy (non-hydrogen) atoms. The zero-order valence-corrected chi connectivity index (χ0v) is 24.1. The molecule has 0 saturated heterocycles. The number of ether oxygens (including phenoxy) is 2. The van der Waals surface area contributed by atoms with Crippen LogP contribution >= 0.6 is 0 Å². The van der Waals surface area contributed by atoms with E-state index in [1.165, 1.54) is 4.90 Å². The number of amides is 3. The molecule has 0 spiro atoms. The summed E-state index contributed by atoms with van der Waals surface area (Å²) in [6.07, 6.45) is 1.57. The molecular formula is C29H45N3O6. The van der Waals surface area contributed by atoms with E-state index in [9.17, 15) is 19.2 Å². The second-order valence-electron chi connectivity index (χ2n) is 10.5. The SMILES string of the molecule is C=Cc1cccc(C(C(=O)NCCC(=O)OCC)N(C(=O)C(NC(=O)OC(C)(C)C)C(C)CC)C(C)C)c1. The molecule has 0 saturated carbocycles. The van der Waals surface area contributed by atoms with Crippen LogP contribution in [-0.2, 0) is 23.9 Å². The highest BCUT2D eigenvalue weighted by Gasteiger charge is 2.39. The Kier molecular flexibility index (Phi) is 13.0. The highest BCUT2D eigenvalue weighted by Crippen LogP contribution is 2.27. The van der Waals surface area contributed by atoms with E-state index in [4.69, 9.17) is 9.47 Å². The van der Waals surface area contributed by atoms with E-state index in [1.807, 2.05) is 33.8 Å². The fourth-order valence-corrected chi connectivity index (χ4v) is 3.87. The Labute approximate surface area is 227 Å². The molecule has 0 bridgehead atoms. The number of nitrogens with one attached hydrogen (secondary N) is 2. The first kappa shape index (κ1) is 32.7. The van der Waals surface area contributed by atoms with Gasteiger partial charge in [-0.2, -0.15) is 0 Å². The normalized spacial score (nSPS) is 13.6. The van der Waals surface area contributed by atoms with E-state index >= 15 is 0 Å². The van der Waals surface area contributed by atoms with Crippen LogP contribution in [0.15, 0.2) is 30.8 Å². The Morgan fingerprint density at radius 2 is 1.76 bits per heavy atom. The van der Waals surface area contributed by atoms with Gasteiger partial charge in [0, 0.05) is 12.6 Å². The smallest absolute Gasteiger partial charge is 0.408 e. The fraction of sp³-hybridized carbons (Fsp3) is 0.586. The van der Waals surface area contributed by atoms with E-state index in [0.29, 0.717) is 12.0 Å². The summed E-state index contributed by atoms with van der Waals surface area (Å²) in [5, 5.41) is 5.52. The third-order valence-electron chi connectivity index (χ3n) is 5.88. The second kappa shape index (κ2) is 15.1. The lowest BCUT2D eigenvalue weighted by molar-refractivity contribution is -0.146. The monoisotopic (exact) mass is 531 g/mol. The molecule has 0 heterocycles. The molecule has 3 amide bonds. The molecule has 212 valence electrons. The number of nitrogens with zero attached hydrogens (tertiary/aromatic N) is 1. The molecular weight excluding hydrogens is 486 g/mol. The van der Waals surface area contributed by atoms with Crippen LogP contribution in [-0.4, -0.2) is 59.6 Å². The minimum atomic E-state index is -1.02. The molecule has 9 nitrogen and oxygen atoms in total. The average molecular weight is 532 g/mol. The zero-order valence-electron chi connectivity index (χ0n) is 24.1. The van der Waals surface area contributed by atoms with Crippen LogP contribution in [0, 0.1) is 5.92 Å². The summed E-state index contributed by atoms with van der Waals surface area (Å²) in [4.78, 5) is 53.7. The summed E-state index contributed by atoms with van der Waals surface area (Å²) in [6, 6.07) is 4.86. The Balaban J connectivity index is 3.46. The summed E-state index contributed by atoms with van der Waals surface area (Å²) in [5.74, 6) is -1.51. The Bertz CT molecular complexity index is 969. The molecule has 3 unspecified atom stereocenters. The van der Waals surface area contributed by atoms with E-state index in [-0.39, 0.29) is 25.5 Å². The molecule has 0 aliphatic carbocycles. The summed E-state index contributed by atoms with van der Waals surface area (Å²) in [6.45, 7) is 18.5. The Morgan fingerprint density at radius 3 is 2.29 bits per heavy atom. The van der Waals surface area contributed by atoms with Crippen molar-refractivity contribution >= 4 is 30.0 Å². The lowest BCUT2D eigenvalue weighted by Gasteiger charge is -2.38. The van der Waals surface area contributed by atoms with Crippen molar-refractivity contribution < 1.29 is 28.7 Å². The number of benzene rings is 1. The van der Waals surface area contributed by atoms with Crippen molar-refractivity contribution in [1.29, 1.82) is 0 Å². The maximum absolute atomic E-state index is 14.1. The van der Waals surface area contributed by atoms with Gasteiger partial charge in [0.1, 0.15) is 17.7 Å². The van der Waals surface area contributed by atoms with Gasteiger partial charge in [-0.1, -0.05) is 51.1 Å². The lowest BCUT2D eigenvalue weighted by atomic mass is 9.94. The third-order valence-corrected chi connectivity index (χ3v) is 5.88. The van der Waals surface area contributed by atoms with Crippen molar-refractivity contribution in [1.82, 2.24) is 15.5 Å². The molecule has 2 N–H and O–H groups in total. The van der Waals surface area contributed by atoms with Crippen molar-refractivity contribution in [2.75, 3.05) is 13.2 Å². The quantitative estimate of drug-likeness (QED) is 0.359. The maximum atomic E-state index is 14.1. The average Bonchev–Trinajstić information content (AvgIpc) is 2.83. The van der Waals surface area contributed by atoms with Gasteiger partial charge in [0.25, 0.3) is 0 Å². The van der Waals surface area contributed by atoms with Gasteiger partial charge in [-0.25, -0.2) is 4.79 Å². The van der Waals surface area contributed by atoms with Crippen molar-refractivity contribution in [2.45, 2.75) is 92.0 Å². The highest BCUT2D eigenvalue weighted by atomic mass is 16.6. The van der Waals surface area contributed by atoms with E-state index in [1.54, 1.807) is 52.0 Å². The Morgan fingerprint density at radius 1 is 1.11 bits per heavy atom. The van der Waals surface area contributed by atoms with Gasteiger partial charge in [0.05, 0.1) is 13.0 Å². The van der Waals surface area contributed by atoms with Gasteiger partial charge < -0.3 is 25.0 Å². The van der Waals surface area contributed by atoms with Gasteiger partial charge in [0.15, 0.2) is 0 Å². The summed E-state index contributed by atoms with van der Waals surface area (Å²) >= 11 is 0. The number of hydrogen-bond donors (Lipinski definition) is 2. The van der Waals surface area contributed by atoms with Gasteiger partial charge in [-0.15, -0.1) is 0 Å². The van der Waals surface area contributed by atoms with Crippen LogP contribution in [0.3, 0.4) is 0 Å². The first-order chi connectivity index (χ1) is 17.7. The van der Waals surface area contributed by atoms with Crippen molar-refractivity contribution in [3.8, 4) is 0 Å². The Hall–Kier alpha value is -3.36. The molecule has 9 heteroatoms. The molecule has 0 aromatic heterocycles. The molecule has 1 aromatic rings. The molecule has 1 rings (SSSR count). The predicted octanol–water partition coefficient (Wildman–Crippen LogP) is 4.62. The minimum Gasteiger partial charge on any atom is -0.466 e. The van der Waals surface area contributed by atoms with Crippen LogP contribution in [0.4, 0.5) is 4.79 Å². The summed E-state index contributed by atoms with van der Waals surface area (Å²) in [7, 11) is 0. The van der Waals surface area contributed by atoms with Crippen LogP contribution in [0.25, 0.3) is 6.08 Å². The first-order valence-electron chi connectivity index (χ1n) is 13.2. The fourth-order valence-electron chi connectivity index (χ4n) is 3.87. The third kappa shape index (κ3) is 10.2. The first-order valence-corrected chi connectivity index (χ1v) is 13.2. The summed E-state index contributed by atoms with van der Waals surface area (Å²) in [5.41, 5.74) is 0.628. The number of hydrogen-bond acceptors (Lipinski definition) is 6. The van der Waals surface area contributed by atoms with Crippen LogP contribution < -0.4 is 10.6 Å². The maximum Gasteiger partial charge on any atom is 0.408 e. The van der Waals surface area contributed by atoms with E-state index in [2.05, 4.69) is 17.2 Å². The highest BCUT2D eigenvalue weighted by molar-refractivity contribution is 5.92. The van der Waals surface area contributed by atoms with Crippen molar-refractivity contribution in [2.24, 2.45) is 5.92 Å². The van der Waals surface area contributed by atoms with Gasteiger partial charge in [-0.05, 0) is 64.7 Å². The van der Waals surface area contributed by atoms with E-state index in [0.717, 1.165) is 5.56 Å². The molecule has 0 radical (unpaired) electrons. The number of esters is 1. The number of carbonyl (C=O) groups excluding carboxylic acids is 4. The zero-order chi connectivity index (χ0) is 29.0. The minimum absolute atomic E-state index is 0.00428. The van der Waals surface area contributed by atoms with Crippen molar-refractivity contribution in [3.63, 3.8) is 0 Å². The predicted molar refractivity (Wildman–Crippen MR) is 148 cm³/mol. The van der Waals surface area contributed by atoms with Gasteiger partial charge in [-0.3, -0.25) is 14.4 Å².